The number of halogens is 3. The van der Waals surface area contributed by atoms with E-state index < -0.39 is 17.7 Å². The first-order valence-corrected chi connectivity index (χ1v) is 10.6. The number of hydrogen-bond donors (Lipinski definition) is 3. The average Bonchev–Trinajstić information content (AvgIpc) is 2.77. The van der Waals surface area contributed by atoms with Crippen molar-refractivity contribution < 1.29 is 14.4 Å². The Morgan fingerprint density at radius 3 is 2.16 bits per heavy atom. The van der Waals surface area contributed by atoms with Crippen LogP contribution in [0, 0.1) is 0 Å². The van der Waals surface area contributed by atoms with Crippen LogP contribution < -0.4 is 16.1 Å². The lowest BCUT2D eigenvalue weighted by molar-refractivity contribution is -0.136. The molecule has 32 heavy (non-hydrogen) atoms. The normalized spacial score (nSPS) is 10.6. The number of rotatable bonds is 5. The van der Waals surface area contributed by atoms with E-state index >= 15 is 0 Å². The molecule has 0 saturated carbocycles. The van der Waals surface area contributed by atoms with Crippen molar-refractivity contribution in [1.29, 1.82) is 0 Å². The summed E-state index contributed by atoms with van der Waals surface area (Å²) in [7, 11) is 0. The number of para-hydroxylation sites is 1. The number of hydrogen-bond acceptors (Lipinski definition) is 4. The van der Waals surface area contributed by atoms with Crippen LogP contribution in [0.15, 0.2) is 76.3 Å². The molecule has 0 bridgehead atoms. The van der Waals surface area contributed by atoms with E-state index in [-0.39, 0.29) is 11.3 Å². The van der Waals surface area contributed by atoms with Crippen molar-refractivity contribution in [3.8, 4) is 0 Å². The molecule has 0 aliphatic rings. The van der Waals surface area contributed by atoms with Crippen molar-refractivity contribution in [2.45, 2.75) is 0 Å². The summed E-state index contributed by atoms with van der Waals surface area (Å²) in [5.74, 6) is -2.49. The lowest BCUT2D eigenvalue weighted by Gasteiger charge is -2.11. The largest absolute Gasteiger partial charge is 0.329 e. The molecule has 0 aromatic heterocycles. The summed E-state index contributed by atoms with van der Waals surface area (Å²) in [6.07, 6.45) is 1.23. The van der Waals surface area contributed by atoms with E-state index in [2.05, 4.69) is 37.1 Å². The maximum absolute atomic E-state index is 12.6. The number of benzene rings is 3. The molecule has 3 N–H and O–H groups in total. The van der Waals surface area contributed by atoms with Crippen LogP contribution in [-0.4, -0.2) is 23.9 Å². The minimum Gasteiger partial charge on any atom is -0.322 e. The maximum atomic E-state index is 12.6. The minimum absolute atomic E-state index is 0.167. The SMILES string of the molecule is O=C(N/N=C\c1c(Cl)cccc1Cl)C(=O)Nc1ccccc1C(=O)Nc1ccc(Br)cc1. The number of carbonyl (C=O) groups excluding carboxylic acids is 3. The Morgan fingerprint density at radius 1 is 0.812 bits per heavy atom. The molecule has 10 heteroatoms. The van der Waals surface area contributed by atoms with Gasteiger partial charge >= 0.3 is 11.8 Å². The highest BCUT2D eigenvalue weighted by atomic mass is 79.9. The summed E-state index contributed by atoms with van der Waals surface area (Å²) in [5.41, 5.74) is 3.41. The van der Waals surface area contributed by atoms with Gasteiger partial charge in [0.1, 0.15) is 0 Å². The molecule has 7 nitrogen and oxygen atoms in total. The van der Waals surface area contributed by atoms with E-state index in [9.17, 15) is 14.4 Å². The quantitative estimate of drug-likeness (QED) is 0.242. The second-order valence-corrected chi connectivity index (χ2v) is 8.03. The van der Waals surface area contributed by atoms with E-state index in [1.165, 1.54) is 18.3 Å². The lowest BCUT2D eigenvalue weighted by atomic mass is 10.1. The van der Waals surface area contributed by atoms with Gasteiger partial charge in [-0.2, -0.15) is 5.10 Å². The molecule has 0 heterocycles. The van der Waals surface area contributed by atoms with E-state index in [4.69, 9.17) is 23.2 Å². The number of anilines is 2. The predicted octanol–water partition coefficient (Wildman–Crippen LogP) is 5.10. The highest BCUT2D eigenvalue weighted by Gasteiger charge is 2.18. The molecule has 0 radical (unpaired) electrons. The Hall–Kier alpha value is -3.20. The zero-order chi connectivity index (χ0) is 23.1. The molecule has 0 spiro atoms. The van der Waals surface area contributed by atoms with Gasteiger partial charge in [-0.3, -0.25) is 14.4 Å². The van der Waals surface area contributed by atoms with Crippen LogP contribution in [0.2, 0.25) is 10.0 Å². The molecule has 0 saturated heterocycles. The molecule has 0 atom stereocenters. The Kier molecular flexibility index (Phi) is 7.99. The number of hydrazone groups is 1. The van der Waals surface area contributed by atoms with E-state index in [1.54, 1.807) is 54.6 Å². The van der Waals surface area contributed by atoms with Gasteiger partial charge in [-0.05, 0) is 48.5 Å². The Bertz CT molecular complexity index is 1180. The van der Waals surface area contributed by atoms with E-state index in [0.29, 0.717) is 21.3 Å². The summed E-state index contributed by atoms with van der Waals surface area (Å²) >= 11 is 15.4. The molecule has 0 unspecified atom stereocenters. The van der Waals surface area contributed by atoms with Crippen LogP contribution in [-0.2, 0) is 9.59 Å². The number of nitrogens with zero attached hydrogens (tertiary/aromatic N) is 1. The number of carbonyl (C=O) groups is 3. The van der Waals surface area contributed by atoms with Crippen molar-refractivity contribution >= 4 is 74.4 Å². The zero-order valence-corrected chi connectivity index (χ0v) is 19.3. The molecule has 3 amide bonds. The van der Waals surface area contributed by atoms with Gasteiger partial charge in [0.15, 0.2) is 0 Å². The molecule has 0 aliphatic carbocycles. The van der Waals surface area contributed by atoms with Crippen LogP contribution in [0.4, 0.5) is 11.4 Å². The molecule has 3 aromatic carbocycles. The van der Waals surface area contributed by atoms with Gasteiger partial charge in [0, 0.05) is 15.7 Å². The topological polar surface area (TPSA) is 99.7 Å². The standard InChI is InChI=1S/C22H15BrCl2N4O3/c23-13-8-10-14(11-9-13)27-20(30)15-4-1-2-7-19(15)28-21(31)22(32)29-26-12-16-17(24)5-3-6-18(16)25/h1-12H,(H,27,30)(H,28,31)(H,29,32)/b26-12-. The smallest absolute Gasteiger partial charge is 0.322 e. The van der Waals surface area contributed by atoms with Crippen LogP contribution >= 0.6 is 39.1 Å². The maximum Gasteiger partial charge on any atom is 0.329 e. The fourth-order valence-electron chi connectivity index (χ4n) is 2.54. The average molecular weight is 534 g/mol. The lowest BCUT2D eigenvalue weighted by Crippen LogP contribution is -2.33. The van der Waals surface area contributed by atoms with Crippen molar-refractivity contribution in [2.24, 2.45) is 5.10 Å². The fourth-order valence-corrected chi connectivity index (χ4v) is 3.30. The fraction of sp³-hybridized carbons (Fsp3) is 0. The highest BCUT2D eigenvalue weighted by molar-refractivity contribution is 9.10. The number of nitrogens with one attached hydrogen (secondary N) is 3. The van der Waals surface area contributed by atoms with Crippen LogP contribution in [0.25, 0.3) is 0 Å². The second-order valence-electron chi connectivity index (χ2n) is 6.30. The van der Waals surface area contributed by atoms with E-state index in [0.717, 1.165) is 4.47 Å². The third kappa shape index (κ3) is 6.16. The third-order valence-electron chi connectivity index (χ3n) is 4.09. The summed E-state index contributed by atoms with van der Waals surface area (Å²) in [5, 5.41) is 9.53. The van der Waals surface area contributed by atoms with Gasteiger partial charge in [0.2, 0.25) is 0 Å². The Balaban J connectivity index is 1.66. The van der Waals surface area contributed by atoms with Gasteiger partial charge in [-0.1, -0.05) is 57.3 Å². The van der Waals surface area contributed by atoms with Gasteiger partial charge in [-0.15, -0.1) is 0 Å². The first-order chi connectivity index (χ1) is 15.3. The van der Waals surface area contributed by atoms with Crippen molar-refractivity contribution in [2.75, 3.05) is 10.6 Å². The molecular formula is C22H15BrCl2N4O3. The molecule has 162 valence electrons. The van der Waals surface area contributed by atoms with Crippen LogP contribution in [0.5, 0.6) is 0 Å². The molecular weight excluding hydrogens is 519 g/mol. The molecule has 0 aliphatic heterocycles. The highest BCUT2D eigenvalue weighted by Crippen LogP contribution is 2.22. The Morgan fingerprint density at radius 2 is 1.47 bits per heavy atom. The zero-order valence-electron chi connectivity index (χ0n) is 16.2. The number of amides is 3. The van der Waals surface area contributed by atoms with Gasteiger partial charge in [0.25, 0.3) is 5.91 Å². The second kappa shape index (κ2) is 10.9. The summed E-state index contributed by atoms with van der Waals surface area (Å²) in [6.45, 7) is 0. The molecule has 3 aromatic rings. The van der Waals surface area contributed by atoms with Crippen molar-refractivity contribution in [1.82, 2.24) is 5.43 Å². The monoisotopic (exact) mass is 532 g/mol. The predicted molar refractivity (Wildman–Crippen MR) is 129 cm³/mol. The molecule has 3 rings (SSSR count). The van der Waals surface area contributed by atoms with Crippen molar-refractivity contribution in [3.63, 3.8) is 0 Å². The summed E-state index contributed by atoms with van der Waals surface area (Å²) < 4.78 is 0.869. The van der Waals surface area contributed by atoms with Crippen molar-refractivity contribution in [3.05, 3.63) is 92.4 Å². The van der Waals surface area contributed by atoms with Gasteiger partial charge in [-0.25, -0.2) is 5.43 Å². The van der Waals surface area contributed by atoms with E-state index in [1.807, 2.05) is 0 Å². The minimum atomic E-state index is -1.03. The van der Waals surface area contributed by atoms with Crippen LogP contribution in [0.1, 0.15) is 15.9 Å². The third-order valence-corrected chi connectivity index (χ3v) is 5.28. The first kappa shape index (κ1) is 23.5. The van der Waals surface area contributed by atoms with Gasteiger partial charge in [0.05, 0.1) is 27.5 Å². The molecule has 0 fully saturated rings. The van der Waals surface area contributed by atoms with Crippen LogP contribution in [0.3, 0.4) is 0 Å². The summed E-state index contributed by atoms with van der Waals surface area (Å²) in [6, 6.07) is 18.2. The first-order valence-electron chi connectivity index (χ1n) is 9.09. The summed E-state index contributed by atoms with van der Waals surface area (Å²) in [4.78, 5) is 37.0. The van der Waals surface area contributed by atoms with Gasteiger partial charge < -0.3 is 10.6 Å². The Labute approximate surface area is 201 Å².